The summed E-state index contributed by atoms with van der Waals surface area (Å²) in [6.07, 6.45) is 2.80. The minimum atomic E-state index is -0.195. The number of anilines is 1. The van der Waals surface area contributed by atoms with Gasteiger partial charge in [0.05, 0.1) is 12.3 Å². The highest BCUT2D eigenvalue weighted by molar-refractivity contribution is 8.14. The van der Waals surface area contributed by atoms with Gasteiger partial charge in [0.2, 0.25) is 11.8 Å². The van der Waals surface area contributed by atoms with Gasteiger partial charge in [-0.05, 0) is 55.5 Å². The van der Waals surface area contributed by atoms with Crippen molar-refractivity contribution in [3.8, 4) is 0 Å². The number of carbonyl (C=O) groups is 3. The van der Waals surface area contributed by atoms with E-state index in [1.165, 1.54) is 4.90 Å². The van der Waals surface area contributed by atoms with Gasteiger partial charge in [-0.25, -0.2) is 0 Å². The van der Waals surface area contributed by atoms with Gasteiger partial charge in [0.1, 0.15) is 0 Å². The van der Waals surface area contributed by atoms with Crippen LogP contribution in [-0.4, -0.2) is 40.8 Å². The number of carbonyl (C=O) groups excluding carboxylic acids is 3. The molecule has 0 spiro atoms. The number of amides is 3. The molecule has 1 aromatic rings. The van der Waals surface area contributed by atoms with E-state index in [-0.39, 0.29) is 29.4 Å². The Morgan fingerprint density at radius 3 is 2.58 bits per heavy atom. The van der Waals surface area contributed by atoms with Crippen LogP contribution in [0.3, 0.4) is 0 Å². The Labute approximate surface area is 158 Å². The lowest BCUT2D eigenvalue weighted by atomic mass is 9.84. The zero-order valence-corrected chi connectivity index (χ0v) is 15.8. The van der Waals surface area contributed by atoms with Crippen LogP contribution in [0.4, 0.5) is 10.5 Å². The average molecular weight is 375 g/mol. The fourth-order valence-corrected chi connectivity index (χ4v) is 4.22. The molecule has 3 rings (SSSR count). The third-order valence-electron chi connectivity index (χ3n) is 5.11. The van der Waals surface area contributed by atoms with Gasteiger partial charge in [0.25, 0.3) is 5.24 Å². The first-order chi connectivity index (χ1) is 12.5. The summed E-state index contributed by atoms with van der Waals surface area (Å²) < 4.78 is 0. The largest absolute Gasteiger partial charge is 0.326 e. The number of thioether (sulfide) groups is 1. The standard InChI is InChI=1S/C19H25N3O3S/c1-13(15-6-8-20-9-7-15)10-17(23)21-16-4-2-14(3-5-16)11-22-18(24)12-26-19(22)25/h2-5,13,15,20H,6-12H2,1H3,(H,21,23). The van der Waals surface area contributed by atoms with Crippen LogP contribution in [0, 0.1) is 11.8 Å². The zero-order valence-electron chi connectivity index (χ0n) is 15.0. The predicted octanol–water partition coefficient (Wildman–Crippen LogP) is 2.85. The molecule has 2 aliphatic rings. The summed E-state index contributed by atoms with van der Waals surface area (Å²) in [5, 5.41) is 6.10. The van der Waals surface area contributed by atoms with Crippen molar-refractivity contribution in [1.82, 2.24) is 10.2 Å². The molecular formula is C19H25N3O3S. The summed E-state index contributed by atoms with van der Waals surface area (Å²) in [7, 11) is 0. The van der Waals surface area contributed by atoms with E-state index < -0.39 is 0 Å². The van der Waals surface area contributed by atoms with Crippen LogP contribution < -0.4 is 10.6 Å². The summed E-state index contributed by atoms with van der Waals surface area (Å²) in [6.45, 7) is 4.52. The lowest BCUT2D eigenvalue weighted by Gasteiger charge is -2.27. The lowest BCUT2D eigenvalue weighted by Crippen LogP contribution is -2.32. The Balaban J connectivity index is 1.49. The summed E-state index contributed by atoms with van der Waals surface area (Å²) in [5.41, 5.74) is 1.61. The molecule has 0 aliphatic carbocycles. The van der Waals surface area contributed by atoms with E-state index in [4.69, 9.17) is 0 Å². The molecule has 26 heavy (non-hydrogen) atoms. The maximum Gasteiger partial charge on any atom is 0.289 e. The van der Waals surface area contributed by atoms with E-state index in [9.17, 15) is 14.4 Å². The number of piperidine rings is 1. The van der Waals surface area contributed by atoms with Crippen LogP contribution >= 0.6 is 11.8 Å². The second-order valence-corrected chi connectivity index (χ2v) is 7.97. The SMILES string of the molecule is CC(CC(=O)Nc1ccc(CN2C(=O)CSC2=O)cc1)C1CCNCC1. The molecule has 2 saturated heterocycles. The van der Waals surface area contributed by atoms with E-state index in [1.807, 2.05) is 24.3 Å². The molecule has 0 radical (unpaired) electrons. The van der Waals surface area contributed by atoms with Crippen molar-refractivity contribution in [3.63, 3.8) is 0 Å². The van der Waals surface area contributed by atoms with Gasteiger partial charge in [0.15, 0.2) is 0 Å². The Bertz CT molecular complexity index is 655. The number of hydrogen-bond acceptors (Lipinski definition) is 5. The van der Waals surface area contributed by atoms with E-state index >= 15 is 0 Å². The number of nitrogens with one attached hydrogen (secondary N) is 2. The normalized spacial score (nSPS) is 19.7. The molecule has 2 heterocycles. The summed E-state index contributed by atoms with van der Waals surface area (Å²) in [6, 6.07) is 7.33. The van der Waals surface area contributed by atoms with Crippen molar-refractivity contribution in [1.29, 1.82) is 0 Å². The van der Waals surface area contributed by atoms with E-state index in [2.05, 4.69) is 17.6 Å². The third-order valence-corrected chi connectivity index (χ3v) is 5.97. The molecule has 0 bridgehead atoms. The maximum absolute atomic E-state index is 12.3. The van der Waals surface area contributed by atoms with Crippen molar-refractivity contribution in [3.05, 3.63) is 29.8 Å². The fraction of sp³-hybridized carbons (Fsp3) is 0.526. The minimum absolute atomic E-state index is 0.0325. The molecular weight excluding hydrogens is 350 g/mol. The molecule has 140 valence electrons. The first kappa shape index (κ1) is 18.9. The van der Waals surface area contributed by atoms with Gasteiger partial charge in [0, 0.05) is 12.1 Å². The van der Waals surface area contributed by atoms with Crippen molar-refractivity contribution in [2.45, 2.75) is 32.7 Å². The Morgan fingerprint density at radius 2 is 1.96 bits per heavy atom. The molecule has 2 aliphatic heterocycles. The first-order valence-electron chi connectivity index (χ1n) is 9.09. The van der Waals surface area contributed by atoms with Crippen molar-refractivity contribution in [2.75, 3.05) is 24.2 Å². The van der Waals surface area contributed by atoms with Gasteiger partial charge in [-0.15, -0.1) is 0 Å². The van der Waals surface area contributed by atoms with Crippen LogP contribution in [0.2, 0.25) is 0 Å². The fourth-order valence-electron chi connectivity index (χ4n) is 3.49. The summed E-state index contributed by atoms with van der Waals surface area (Å²) >= 11 is 1.04. The zero-order chi connectivity index (χ0) is 18.5. The Hall–Kier alpha value is -1.86. The highest BCUT2D eigenvalue weighted by Crippen LogP contribution is 2.25. The molecule has 0 aromatic heterocycles. The van der Waals surface area contributed by atoms with Crippen LogP contribution in [0.15, 0.2) is 24.3 Å². The van der Waals surface area contributed by atoms with Crippen molar-refractivity contribution >= 4 is 34.5 Å². The number of imide groups is 1. The topological polar surface area (TPSA) is 78.5 Å². The molecule has 1 atom stereocenters. The molecule has 2 fully saturated rings. The Morgan fingerprint density at radius 1 is 1.27 bits per heavy atom. The molecule has 3 amide bonds. The highest BCUT2D eigenvalue weighted by atomic mass is 32.2. The minimum Gasteiger partial charge on any atom is -0.326 e. The van der Waals surface area contributed by atoms with E-state index in [0.717, 1.165) is 48.9 Å². The molecule has 1 unspecified atom stereocenters. The third kappa shape index (κ3) is 4.86. The smallest absolute Gasteiger partial charge is 0.289 e. The van der Waals surface area contributed by atoms with Gasteiger partial charge >= 0.3 is 0 Å². The van der Waals surface area contributed by atoms with Gasteiger partial charge in [-0.1, -0.05) is 30.8 Å². The highest BCUT2D eigenvalue weighted by Gasteiger charge is 2.29. The van der Waals surface area contributed by atoms with Crippen LogP contribution in [0.5, 0.6) is 0 Å². The van der Waals surface area contributed by atoms with Crippen molar-refractivity contribution in [2.24, 2.45) is 11.8 Å². The second kappa shape index (κ2) is 8.68. The molecule has 0 saturated carbocycles. The number of benzene rings is 1. The van der Waals surface area contributed by atoms with Crippen LogP contribution in [-0.2, 0) is 16.1 Å². The molecule has 7 heteroatoms. The maximum atomic E-state index is 12.3. The van der Waals surface area contributed by atoms with E-state index in [0.29, 0.717) is 18.3 Å². The van der Waals surface area contributed by atoms with Gasteiger partial charge in [-0.2, -0.15) is 0 Å². The lowest BCUT2D eigenvalue weighted by molar-refractivity contribution is -0.125. The summed E-state index contributed by atoms with van der Waals surface area (Å²) in [4.78, 5) is 36.9. The second-order valence-electron chi connectivity index (χ2n) is 7.05. The van der Waals surface area contributed by atoms with Crippen LogP contribution in [0.25, 0.3) is 0 Å². The summed E-state index contributed by atoms with van der Waals surface area (Å²) in [5.74, 6) is 1.09. The van der Waals surface area contributed by atoms with Gasteiger partial charge < -0.3 is 10.6 Å². The average Bonchev–Trinajstić information content (AvgIpc) is 2.96. The Kier molecular flexibility index (Phi) is 6.32. The quantitative estimate of drug-likeness (QED) is 0.799. The van der Waals surface area contributed by atoms with E-state index in [1.54, 1.807) is 0 Å². The van der Waals surface area contributed by atoms with Gasteiger partial charge in [-0.3, -0.25) is 19.3 Å². The van der Waals surface area contributed by atoms with Crippen molar-refractivity contribution < 1.29 is 14.4 Å². The predicted molar refractivity (Wildman–Crippen MR) is 103 cm³/mol. The number of nitrogens with zero attached hydrogens (tertiary/aromatic N) is 1. The first-order valence-corrected chi connectivity index (χ1v) is 10.1. The molecule has 6 nitrogen and oxygen atoms in total. The van der Waals surface area contributed by atoms with Crippen LogP contribution in [0.1, 0.15) is 31.7 Å². The molecule has 1 aromatic carbocycles. The number of hydrogen-bond donors (Lipinski definition) is 2. The number of rotatable bonds is 6. The molecule has 2 N–H and O–H groups in total. The monoisotopic (exact) mass is 375 g/mol.